The fraction of sp³-hybridized carbons (Fsp3) is 0.400. The maximum Gasteiger partial charge on any atom is 0.122 e. The van der Waals surface area contributed by atoms with Gasteiger partial charge in [-0.2, -0.15) is 0 Å². The minimum atomic E-state index is 0.886. The zero-order chi connectivity index (χ0) is 7.52. The predicted octanol–water partition coefficient (Wildman–Crippen LogP) is 2.57. The van der Waals surface area contributed by atoms with Crippen molar-refractivity contribution in [1.29, 1.82) is 0 Å². The summed E-state index contributed by atoms with van der Waals surface area (Å²) in [6.45, 7) is 0.886. The Bertz CT molecular complexity index is 233. The van der Waals surface area contributed by atoms with Crippen molar-refractivity contribution >= 4 is 0 Å². The summed E-state index contributed by atoms with van der Waals surface area (Å²) in [6.07, 6.45) is 12.0. The van der Waals surface area contributed by atoms with E-state index in [1.54, 1.807) is 0 Å². The minimum absolute atomic E-state index is 0.886. The number of rotatable bonds is 0. The SMILES string of the molecule is C1=CCC=C2CCCOC2=C1. The largest absolute Gasteiger partial charge is 0.493 e. The normalized spacial score (nSPS) is 22.5. The van der Waals surface area contributed by atoms with E-state index in [4.69, 9.17) is 4.74 Å². The van der Waals surface area contributed by atoms with E-state index in [0.29, 0.717) is 0 Å². The molecule has 0 radical (unpaired) electrons. The molecule has 2 rings (SSSR count). The third-order valence-electron chi connectivity index (χ3n) is 2.05. The lowest BCUT2D eigenvalue weighted by atomic mass is 10.1. The average molecular weight is 148 g/mol. The van der Waals surface area contributed by atoms with Crippen LogP contribution < -0.4 is 0 Å². The molecule has 1 heteroatoms. The molecule has 0 amide bonds. The van der Waals surface area contributed by atoms with E-state index >= 15 is 0 Å². The second-order valence-corrected chi connectivity index (χ2v) is 2.88. The first-order valence-corrected chi connectivity index (χ1v) is 4.16. The summed E-state index contributed by atoms with van der Waals surface area (Å²) in [6, 6.07) is 0. The number of fused-ring (bicyclic) bond motifs is 1. The molecule has 1 saturated heterocycles. The van der Waals surface area contributed by atoms with Crippen LogP contribution in [0.3, 0.4) is 0 Å². The molecule has 1 heterocycles. The van der Waals surface area contributed by atoms with Crippen molar-refractivity contribution in [3.63, 3.8) is 0 Å². The molecule has 0 N–H and O–H groups in total. The molecule has 1 aliphatic carbocycles. The molecule has 0 spiro atoms. The molecule has 0 bridgehead atoms. The van der Waals surface area contributed by atoms with Gasteiger partial charge in [0.25, 0.3) is 0 Å². The predicted molar refractivity (Wildman–Crippen MR) is 45.1 cm³/mol. The van der Waals surface area contributed by atoms with Gasteiger partial charge in [0, 0.05) is 0 Å². The van der Waals surface area contributed by atoms with Crippen molar-refractivity contribution in [1.82, 2.24) is 0 Å². The first-order chi connectivity index (χ1) is 5.47. The van der Waals surface area contributed by atoms with E-state index in [2.05, 4.69) is 24.3 Å². The highest BCUT2D eigenvalue weighted by Gasteiger charge is 2.11. The van der Waals surface area contributed by atoms with Crippen LogP contribution in [0.4, 0.5) is 0 Å². The van der Waals surface area contributed by atoms with Crippen LogP contribution in [0.25, 0.3) is 0 Å². The Morgan fingerprint density at radius 1 is 1.36 bits per heavy atom. The number of ether oxygens (including phenoxy) is 1. The van der Waals surface area contributed by atoms with Gasteiger partial charge in [-0.3, -0.25) is 0 Å². The second kappa shape index (κ2) is 2.95. The van der Waals surface area contributed by atoms with Gasteiger partial charge < -0.3 is 4.74 Å². The highest BCUT2D eigenvalue weighted by Crippen LogP contribution is 2.25. The van der Waals surface area contributed by atoms with Crippen LogP contribution in [0.15, 0.2) is 35.6 Å². The van der Waals surface area contributed by atoms with Crippen LogP contribution in [0.2, 0.25) is 0 Å². The minimum Gasteiger partial charge on any atom is -0.493 e. The van der Waals surface area contributed by atoms with Gasteiger partial charge in [0.2, 0.25) is 0 Å². The molecule has 0 saturated carbocycles. The highest BCUT2D eigenvalue weighted by molar-refractivity contribution is 5.33. The standard InChI is InChI=1S/C10H12O/c1-2-5-9-6-4-8-11-10(9)7-3-1/h1,3,5,7H,2,4,6,8H2. The molecule has 1 aliphatic heterocycles. The van der Waals surface area contributed by atoms with Crippen molar-refractivity contribution in [2.24, 2.45) is 0 Å². The van der Waals surface area contributed by atoms with E-state index in [1.807, 2.05) is 0 Å². The molecule has 11 heavy (non-hydrogen) atoms. The van der Waals surface area contributed by atoms with Crippen molar-refractivity contribution in [2.75, 3.05) is 6.61 Å². The highest BCUT2D eigenvalue weighted by atomic mass is 16.5. The molecule has 0 aromatic carbocycles. The van der Waals surface area contributed by atoms with Crippen molar-refractivity contribution < 1.29 is 4.74 Å². The summed E-state index contributed by atoms with van der Waals surface area (Å²) in [5.74, 6) is 1.09. The summed E-state index contributed by atoms with van der Waals surface area (Å²) >= 11 is 0. The summed E-state index contributed by atoms with van der Waals surface area (Å²) in [5, 5.41) is 0. The molecule has 0 aromatic rings. The summed E-state index contributed by atoms with van der Waals surface area (Å²) in [4.78, 5) is 0. The van der Waals surface area contributed by atoms with Gasteiger partial charge in [-0.15, -0.1) is 0 Å². The molecule has 58 valence electrons. The van der Waals surface area contributed by atoms with Crippen LogP contribution in [-0.4, -0.2) is 6.61 Å². The van der Waals surface area contributed by atoms with Crippen molar-refractivity contribution in [3.05, 3.63) is 35.6 Å². The lowest BCUT2D eigenvalue weighted by Gasteiger charge is -2.18. The van der Waals surface area contributed by atoms with E-state index in [-0.39, 0.29) is 0 Å². The Morgan fingerprint density at radius 2 is 2.36 bits per heavy atom. The van der Waals surface area contributed by atoms with E-state index in [9.17, 15) is 0 Å². The van der Waals surface area contributed by atoms with Crippen molar-refractivity contribution in [3.8, 4) is 0 Å². The molecule has 0 unspecified atom stereocenters. The van der Waals surface area contributed by atoms with Crippen LogP contribution in [0.5, 0.6) is 0 Å². The molecule has 2 aliphatic rings. The maximum absolute atomic E-state index is 5.50. The fourth-order valence-corrected chi connectivity index (χ4v) is 1.46. The number of allylic oxidation sites excluding steroid dienone is 5. The zero-order valence-corrected chi connectivity index (χ0v) is 6.55. The fourth-order valence-electron chi connectivity index (χ4n) is 1.46. The molecular formula is C10H12O. The molecule has 1 fully saturated rings. The van der Waals surface area contributed by atoms with Crippen LogP contribution in [0.1, 0.15) is 19.3 Å². The quantitative estimate of drug-likeness (QED) is 0.513. The van der Waals surface area contributed by atoms with E-state index in [0.717, 1.165) is 18.8 Å². The molecular weight excluding hydrogens is 136 g/mol. The number of hydrogen-bond donors (Lipinski definition) is 0. The summed E-state index contributed by atoms with van der Waals surface area (Å²) < 4.78 is 5.50. The Balaban J connectivity index is 2.26. The third kappa shape index (κ3) is 1.37. The van der Waals surface area contributed by atoms with Crippen LogP contribution >= 0.6 is 0 Å². The van der Waals surface area contributed by atoms with Gasteiger partial charge >= 0.3 is 0 Å². The van der Waals surface area contributed by atoms with Crippen molar-refractivity contribution in [2.45, 2.75) is 19.3 Å². The monoisotopic (exact) mass is 148 g/mol. The first kappa shape index (κ1) is 6.71. The summed E-state index contributed by atoms with van der Waals surface area (Å²) in [5.41, 5.74) is 1.39. The Labute approximate surface area is 67.1 Å². The molecule has 0 atom stereocenters. The topological polar surface area (TPSA) is 9.23 Å². The summed E-state index contributed by atoms with van der Waals surface area (Å²) in [7, 11) is 0. The zero-order valence-electron chi connectivity index (χ0n) is 6.55. The Hall–Kier alpha value is -0.980. The number of hydrogen-bond acceptors (Lipinski definition) is 1. The second-order valence-electron chi connectivity index (χ2n) is 2.88. The van der Waals surface area contributed by atoms with Gasteiger partial charge in [-0.25, -0.2) is 0 Å². The molecule has 1 nitrogen and oxygen atoms in total. The van der Waals surface area contributed by atoms with Gasteiger partial charge in [0.05, 0.1) is 6.61 Å². The van der Waals surface area contributed by atoms with E-state index < -0.39 is 0 Å². The maximum atomic E-state index is 5.50. The Kier molecular flexibility index (Phi) is 1.80. The van der Waals surface area contributed by atoms with Gasteiger partial charge in [-0.1, -0.05) is 18.2 Å². The van der Waals surface area contributed by atoms with Crippen LogP contribution in [0, 0.1) is 0 Å². The van der Waals surface area contributed by atoms with Gasteiger partial charge in [0.1, 0.15) is 5.76 Å². The van der Waals surface area contributed by atoms with Gasteiger partial charge in [-0.05, 0) is 30.9 Å². The Morgan fingerprint density at radius 3 is 3.36 bits per heavy atom. The average Bonchev–Trinajstić information content (AvgIpc) is 2.28. The van der Waals surface area contributed by atoms with Gasteiger partial charge in [0.15, 0.2) is 0 Å². The first-order valence-electron chi connectivity index (χ1n) is 4.16. The lowest BCUT2D eigenvalue weighted by molar-refractivity contribution is 0.194. The molecule has 0 aromatic heterocycles. The lowest BCUT2D eigenvalue weighted by Crippen LogP contribution is -2.05. The third-order valence-corrected chi connectivity index (χ3v) is 2.05. The smallest absolute Gasteiger partial charge is 0.122 e. The van der Waals surface area contributed by atoms with E-state index in [1.165, 1.54) is 18.4 Å². The van der Waals surface area contributed by atoms with Crippen LogP contribution in [-0.2, 0) is 4.74 Å².